The molecule has 0 aliphatic heterocycles. The van der Waals surface area contributed by atoms with E-state index in [1.165, 1.54) is 31.4 Å². The zero-order chi connectivity index (χ0) is 9.10. The quantitative estimate of drug-likeness (QED) is 0.828. The minimum Gasteiger partial charge on any atom is -0.382 e. The van der Waals surface area contributed by atoms with Gasteiger partial charge in [-0.25, -0.2) is 0 Å². The van der Waals surface area contributed by atoms with Crippen molar-refractivity contribution in [3.05, 3.63) is 28.7 Å². The Hall–Kier alpha value is -0.500. The molecular weight excluding hydrogens is 226 g/mol. The first-order chi connectivity index (χ1) is 6.34. The van der Waals surface area contributed by atoms with Crippen LogP contribution in [0.4, 0.5) is 5.69 Å². The Balaban J connectivity index is 2.00. The number of halogens is 1. The number of hydrogen-bond donors (Lipinski definition) is 1. The van der Waals surface area contributed by atoms with Crippen molar-refractivity contribution in [3.63, 3.8) is 0 Å². The van der Waals surface area contributed by atoms with Crippen LogP contribution in [0.1, 0.15) is 25.7 Å². The Morgan fingerprint density at radius 1 is 1.23 bits per heavy atom. The predicted octanol–water partition coefficient (Wildman–Crippen LogP) is 3.80. The van der Waals surface area contributed by atoms with Crippen LogP contribution in [-0.2, 0) is 0 Å². The molecule has 13 heavy (non-hydrogen) atoms. The molecule has 1 N–H and O–H groups in total. The fourth-order valence-electron chi connectivity index (χ4n) is 1.88. The van der Waals surface area contributed by atoms with E-state index in [9.17, 15) is 0 Å². The van der Waals surface area contributed by atoms with E-state index < -0.39 is 0 Å². The number of hydrogen-bond acceptors (Lipinski definition) is 1. The SMILES string of the molecule is Brc1cccc(NC2CCCC2)c1. The van der Waals surface area contributed by atoms with Crippen LogP contribution in [0.15, 0.2) is 28.7 Å². The molecule has 1 aliphatic rings. The Labute approximate surface area is 87.7 Å². The molecule has 1 aromatic rings. The minimum absolute atomic E-state index is 0.703. The Morgan fingerprint density at radius 3 is 2.69 bits per heavy atom. The molecule has 0 amide bonds. The lowest BCUT2D eigenvalue weighted by Gasteiger charge is -2.13. The van der Waals surface area contributed by atoms with Crippen LogP contribution in [0.2, 0.25) is 0 Å². The summed E-state index contributed by atoms with van der Waals surface area (Å²) in [5, 5.41) is 3.55. The topological polar surface area (TPSA) is 12.0 Å². The highest BCUT2D eigenvalue weighted by molar-refractivity contribution is 9.10. The van der Waals surface area contributed by atoms with Crippen LogP contribution < -0.4 is 5.32 Å². The average molecular weight is 240 g/mol. The maximum Gasteiger partial charge on any atom is 0.0353 e. The van der Waals surface area contributed by atoms with Gasteiger partial charge in [-0.15, -0.1) is 0 Å². The van der Waals surface area contributed by atoms with Crippen molar-refractivity contribution in [1.82, 2.24) is 0 Å². The zero-order valence-electron chi connectivity index (χ0n) is 7.59. The molecule has 0 atom stereocenters. The van der Waals surface area contributed by atoms with Crippen molar-refractivity contribution in [3.8, 4) is 0 Å². The third kappa shape index (κ3) is 2.47. The second kappa shape index (κ2) is 4.14. The molecule has 0 saturated heterocycles. The monoisotopic (exact) mass is 239 g/mol. The molecule has 1 saturated carbocycles. The smallest absolute Gasteiger partial charge is 0.0353 e. The maximum atomic E-state index is 3.55. The fourth-order valence-corrected chi connectivity index (χ4v) is 2.28. The largest absolute Gasteiger partial charge is 0.382 e. The molecular formula is C11H14BrN. The molecule has 0 unspecified atom stereocenters. The van der Waals surface area contributed by atoms with Crippen LogP contribution in [0.5, 0.6) is 0 Å². The zero-order valence-corrected chi connectivity index (χ0v) is 9.18. The van der Waals surface area contributed by atoms with Gasteiger partial charge in [0, 0.05) is 16.2 Å². The Kier molecular flexibility index (Phi) is 2.89. The van der Waals surface area contributed by atoms with Crippen molar-refractivity contribution < 1.29 is 0 Å². The summed E-state index contributed by atoms with van der Waals surface area (Å²) in [5.74, 6) is 0. The highest BCUT2D eigenvalue weighted by Gasteiger charge is 2.13. The van der Waals surface area contributed by atoms with Gasteiger partial charge in [-0.2, -0.15) is 0 Å². The summed E-state index contributed by atoms with van der Waals surface area (Å²) in [4.78, 5) is 0. The van der Waals surface area contributed by atoms with E-state index in [1.807, 2.05) is 0 Å². The molecule has 2 heteroatoms. The van der Waals surface area contributed by atoms with Crippen LogP contribution in [0.3, 0.4) is 0 Å². The third-order valence-corrected chi connectivity index (χ3v) is 3.04. The number of nitrogens with one attached hydrogen (secondary N) is 1. The summed E-state index contributed by atoms with van der Waals surface area (Å²) in [5.41, 5.74) is 1.24. The molecule has 0 bridgehead atoms. The lowest BCUT2D eigenvalue weighted by molar-refractivity contribution is 0.755. The lowest BCUT2D eigenvalue weighted by Crippen LogP contribution is -2.14. The van der Waals surface area contributed by atoms with Crippen molar-refractivity contribution >= 4 is 21.6 Å². The van der Waals surface area contributed by atoms with Gasteiger partial charge >= 0.3 is 0 Å². The lowest BCUT2D eigenvalue weighted by atomic mass is 10.2. The molecule has 0 radical (unpaired) electrons. The van der Waals surface area contributed by atoms with Crippen LogP contribution in [0.25, 0.3) is 0 Å². The second-order valence-electron chi connectivity index (χ2n) is 3.64. The van der Waals surface area contributed by atoms with E-state index in [4.69, 9.17) is 0 Å². The predicted molar refractivity (Wildman–Crippen MR) is 60.0 cm³/mol. The van der Waals surface area contributed by atoms with Crippen molar-refractivity contribution in [2.45, 2.75) is 31.7 Å². The maximum absolute atomic E-state index is 3.55. The van der Waals surface area contributed by atoms with Crippen molar-refractivity contribution in [1.29, 1.82) is 0 Å². The van der Waals surface area contributed by atoms with Gasteiger partial charge in [-0.05, 0) is 31.0 Å². The van der Waals surface area contributed by atoms with Gasteiger partial charge in [-0.1, -0.05) is 34.8 Å². The van der Waals surface area contributed by atoms with Crippen LogP contribution in [-0.4, -0.2) is 6.04 Å². The summed E-state index contributed by atoms with van der Waals surface area (Å²) in [6.45, 7) is 0. The summed E-state index contributed by atoms with van der Waals surface area (Å²) in [6, 6.07) is 9.09. The third-order valence-electron chi connectivity index (χ3n) is 2.55. The Morgan fingerprint density at radius 2 is 2.00 bits per heavy atom. The molecule has 1 nitrogen and oxygen atoms in total. The van der Waals surface area contributed by atoms with E-state index in [1.54, 1.807) is 0 Å². The first kappa shape index (κ1) is 9.07. The van der Waals surface area contributed by atoms with Gasteiger partial charge in [0.25, 0.3) is 0 Å². The van der Waals surface area contributed by atoms with E-state index in [0.717, 1.165) is 4.47 Å². The summed E-state index contributed by atoms with van der Waals surface area (Å²) < 4.78 is 1.15. The summed E-state index contributed by atoms with van der Waals surface area (Å²) >= 11 is 3.47. The standard InChI is InChI=1S/C11H14BrN/c12-9-4-3-7-11(8-9)13-10-5-1-2-6-10/h3-4,7-8,10,13H,1-2,5-6H2. The Bertz CT molecular complexity index is 279. The molecule has 70 valence electrons. The van der Waals surface area contributed by atoms with Crippen LogP contribution >= 0.6 is 15.9 Å². The molecule has 1 aliphatic carbocycles. The van der Waals surface area contributed by atoms with Crippen LogP contribution in [0, 0.1) is 0 Å². The van der Waals surface area contributed by atoms with Gasteiger partial charge in [0.05, 0.1) is 0 Å². The van der Waals surface area contributed by atoms with Gasteiger partial charge in [0.2, 0.25) is 0 Å². The normalized spacial score (nSPS) is 17.6. The first-order valence-electron chi connectivity index (χ1n) is 4.87. The van der Waals surface area contributed by atoms with E-state index in [0.29, 0.717) is 6.04 Å². The minimum atomic E-state index is 0.703. The highest BCUT2D eigenvalue weighted by atomic mass is 79.9. The van der Waals surface area contributed by atoms with Crippen molar-refractivity contribution in [2.75, 3.05) is 5.32 Å². The van der Waals surface area contributed by atoms with Gasteiger partial charge in [0.1, 0.15) is 0 Å². The number of anilines is 1. The van der Waals surface area contributed by atoms with Crippen molar-refractivity contribution in [2.24, 2.45) is 0 Å². The molecule has 1 aromatic carbocycles. The summed E-state index contributed by atoms with van der Waals surface area (Å²) in [6.07, 6.45) is 5.41. The van der Waals surface area contributed by atoms with E-state index in [2.05, 4.69) is 45.5 Å². The van der Waals surface area contributed by atoms with E-state index >= 15 is 0 Å². The number of benzene rings is 1. The first-order valence-corrected chi connectivity index (χ1v) is 5.66. The van der Waals surface area contributed by atoms with Gasteiger partial charge in [0.15, 0.2) is 0 Å². The molecule has 1 fully saturated rings. The molecule has 0 heterocycles. The van der Waals surface area contributed by atoms with Gasteiger partial charge in [-0.3, -0.25) is 0 Å². The average Bonchev–Trinajstić information content (AvgIpc) is 2.57. The number of rotatable bonds is 2. The summed E-state index contributed by atoms with van der Waals surface area (Å²) in [7, 11) is 0. The highest BCUT2D eigenvalue weighted by Crippen LogP contribution is 2.23. The molecule has 2 rings (SSSR count). The second-order valence-corrected chi connectivity index (χ2v) is 4.55. The van der Waals surface area contributed by atoms with Gasteiger partial charge < -0.3 is 5.32 Å². The fraction of sp³-hybridized carbons (Fsp3) is 0.455. The van der Waals surface area contributed by atoms with E-state index in [-0.39, 0.29) is 0 Å². The molecule has 0 spiro atoms. The molecule has 0 aromatic heterocycles.